The summed E-state index contributed by atoms with van der Waals surface area (Å²) < 4.78 is 11.1. The minimum atomic E-state index is -0.627. The Labute approximate surface area is 177 Å². The van der Waals surface area contributed by atoms with Gasteiger partial charge in [0.15, 0.2) is 16.6 Å². The van der Waals surface area contributed by atoms with Crippen molar-refractivity contribution >= 4 is 44.0 Å². The van der Waals surface area contributed by atoms with Crippen LogP contribution in [0.15, 0.2) is 52.9 Å². The van der Waals surface area contributed by atoms with E-state index in [1.54, 1.807) is 6.07 Å². The Hall–Kier alpha value is -4.32. The minimum absolute atomic E-state index is 0.0784. The molecule has 0 spiro atoms. The zero-order valence-electron chi connectivity index (χ0n) is 15.7. The Kier molecular flexibility index (Phi) is 5.05. The van der Waals surface area contributed by atoms with Crippen LogP contribution in [-0.2, 0) is 0 Å². The Balaban J connectivity index is 1.62. The Bertz CT molecular complexity index is 1340. The van der Waals surface area contributed by atoms with Crippen molar-refractivity contribution in [2.75, 3.05) is 12.4 Å². The van der Waals surface area contributed by atoms with Crippen molar-refractivity contribution in [2.45, 2.75) is 0 Å². The zero-order chi connectivity index (χ0) is 22.1. The third-order valence-electron chi connectivity index (χ3n) is 4.29. The van der Waals surface area contributed by atoms with Crippen molar-refractivity contribution < 1.29 is 23.8 Å². The number of carbonyl (C=O) groups is 1. The molecule has 2 heterocycles. The number of thiazole rings is 1. The molecule has 0 aliphatic rings. The van der Waals surface area contributed by atoms with Crippen molar-refractivity contribution in [1.29, 1.82) is 0 Å². The van der Waals surface area contributed by atoms with E-state index in [4.69, 9.17) is 9.15 Å². The molecule has 0 fully saturated rings. The summed E-state index contributed by atoms with van der Waals surface area (Å²) in [5.41, 5.74) is 0.298. The van der Waals surface area contributed by atoms with E-state index in [0.29, 0.717) is 10.2 Å². The lowest BCUT2D eigenvalue weighted by Crippen LogP contribution is -2.10. The van der Waals surface area contributed by atoms with E-state index in [1.807, 2.05) is 0 Å². The predicted molar refractivity (Wildman–Crippen MR) is 112 cm³/mol. The van der Waals surface area contributed by atoms with E-state index in [-0.39, 0.29) is 39.3 Å². The first-order chi connectivity index (χ1) is 14.9. The van der Waals surface area contributed by atoms with E-state index < -0.39 is 15.8 Å². The van der Waals surface area contributed by atoms with Gasteiger partial charge in [0.1, 0.15) is 11.3 Å². The number of aromatic nitrogens is 1. The Morgan fingerprint density at radius 1 is 1.13 bits per heavy atom. The molecule has 12 heteroatoms. The topological polar surface area (TPSA) is 151 Å². The number of amides is 1. The summed E-state index contributed by atoms with van der Waals surface area (Å²) in [7, 11) is 1.36. The van der Waals surface area contributed by atoms with E-state index in [9.17, 15) is 25.0 Å². The molecule has 4 aromatic rings. The number of carbonyl (C=O) groups excluding carboxylic acids is 1. The number of nitro groups is 2. The van der Waals surface area contributed by atoms with Gasteiger partial charge in [-0.3, -0.25) is 30.3 Å². The number of hydrogen-bond donors (Lipinski definition) is 1. The quantitative estimate of drug-likeness (QED) is 0.336. The summed E-state index contributed by atoms with van der Waals surface area (Å²) in [5, 5.41) is 25.0. The molecule has 1 N–H and O–H groups in total. The number of anilines is 1. The number of nitrogens with one attached hydrogen (secondary N) is 1. The molecule has 2 aromatic carbocycles. The van der Waals surface area contributed by atoms with Crippen LogP contribution in [0, 0.1) is 20.2 Å². The van der Waals surface area contributed by atoms with Crippen molar-refractivity contribution in [3.63, 3.8) is 0 Å². The number of nitrogens with zero attached hydrogens (tertiary/aromatic N) is 3. The van der Waals surface area contributed by atoms with E-state index >= 15 is 0 Å². The number of hydrogen-bond acceptors (Lipinski definition) is 9. The third-order valence-corrected chi connectivity index (χ3v) is 5.21. The lowest BCUT2D eigenvalue weighted by Gasteiger charge is -2.00. The fourth-order valence-electron chi connectivity index (χ4n) is 2.90. The maximum absolute atomic E-state index is 12.6. The fraction of sp³-hybridized carbons (Fsp3) is 0.0526. The average Bonchev–Trinajstić information content (AvgIpc) is 3.39. The first-order valence-corrected chi connectivity index (χ1v) is 9.47. The summed E-state index contributed by atoms with van der Waals surface area (Å²) >= 11 is 1.03. The van der Waals surface area contributed by atoms with Gasteiger partial charge < -0.3 is 9.15 Å². The van der Waals surface area contributed by atoms with Crippen LogP contribution in [0.2, 0.25) is 0 Å². The number of nitro benzene ring substituents is 2. The van der Waals surface area contributed by atoms with Crippen LogP contribution in [-0.4, -0.2) is 27.8 Å². The highest BCUT2D eigenvalue weighted by Gasteiger charge is 2.21. The molecule has 4 rings (SSSR count). The fourth-order valence-corrected chi connectivity index (χ4v) is 3.82. The molecule has 11 nitrogen and oxygen atoms in total. The number of benzene rings is 2. The highest BCUT2D eigenvalue weighted by atomic mass is 32.1. The van der Waals surface area contributed by atoms with Crippen LogP contribution in [0.4, 0.5) is 16.5 Å². The van der Waals surface area contributed by atoms with Gasteiger partial charge in [-0.05, 0) is 18.2 Å². The molecule has 0 saturated heterocycles. The SMILES string of the molecule is COc1cc([N+](=O)[O-])cc2sc(NC(=O)c3ccc(-c4ccccc4[N+](=O)[O-])o3)nc12. The smallest absolute Gasteiger partial charge is 0.293 e. The average molecular weight is 440 g/mol. The van der Waals surface area contributed by atoms with Gasteiger partial charge in [-0.2, -0.15) is 0 Å². The molecule has 0 bridgehead atoms. The van der Waals surface area contributed by atoms with Gasteiger partial charge in [-0.15, -0.1) is 0 Å². The summed E-state index contributed by atoms with van der Waals surface area (Å²) in [4.78, 5) is 38.0. The highest BCUT2D eigenvalue weighted by Crippen LogP contribution is 2.36. The summed E-state index contributed by atoms with van der Waals surface area (Å²) in [6, 6.07) is 11.4. The number of ether oxygens (including phenoxy) is 1. The Morgan fingerprint density at radius 3 is 2.61 bits per heavy atom. The summed E-state index contributed by atoms with van der Waals surface area (Å²) in [5.74, 6) is -0.334. The molecule has 2 aromatic heterocycles. The van der Waals surface area contributed by atoms with Gasteiger partial charge in [0.05, 0.1) is 33.3 Å². The molecule has 0 radical (unpaired) electrons. The van der Waals surface area contributed by atoms with Crippen LogP contribution in [0.3, 0.4) is 0 Å². The second-order valence-electron chi connectivity index (χ2n) is 6.16. The van der Waals surface area contributed by atoms with Crippen molar-refractivity contribution in [2.24, 2.45) is 0 Å². The molecule has 1 amide bonds. The number of non-ortho nitro benzene ring substituents is 1. The zero-order valence-corrected chi connectivity index (χ0v) is 16.5. The maximum Gasteiger partial charge on any atom is 0.293 e. The van der Waals surface area contributed by atoms with E-state index in [2.05, 4.69) is 10.3 Å². The van der Waals surface area contributed by atoms with Gasteiger partial charge >= 0.3 is 0 Å². The summed E-state index contributed by atoms with van der Waals surface area (Å²) in [6.45, 7) is 0. The van der Waals surface area contributed by atoms with Gasteiger partial charge in [0.25, 0.3) is 17.3 Å². The minimum Gasteiger partial charge on any atom is -0.494 e. The first-order valence-electron chi connectivity index (χ1n) is 8.65. The van der Waals surface area contributed by atoms with Gasteiger partial charge in [-0.25, -0.2) is 4.98 Å². The second-order valence-corrected chi connectivity index (χ2v) is 7.19. The molecule has 0 atom stereocenters. The van der Waals surface area contributed by atoms with Crippen LogP contribution >= 0.6 is 11.3 Å². The van der Waals surface area contributed by atoms with Crippen LogP contribution in [0.5, 0.6) is 5.75 Å². The standard InChI is InChI=1S/C19H12N4O7S/c1-29-15-8-10(22(25)26)9-16-17(15)20-19(31-16)21-18(24)14-7-6-13(30-14)11-4-2-3-5-12(11)23(27)28/h2-9H,1H3,(H,20,21,24). The van der Waals surface area contributed by atoms with Crippen LogP contribution < -0.4 is 10.1 Å². The van der Waals surface area contributed by atoms with Gasteiger partial charge in [0, 0.05) is 12.1 Å². The first kappa shape index (κ1) is 20.0. The number of fused-ring (bicyclic) bond motifs is 1. The lowest BCUT2D eigenvalue weighted by molar-refractivity contribution is -0.384. The van der Waals surface area contributed by atoms with Crippen molar-refractivity contribution in [3.05, 3.63) is 74.5 Å². The monoisotopic (exact) mass is 440 g/mol. The molecule has 0 saturated carbocycles. The molecule has 0 aliphatic carbocycles. The number of methoxy groups -OCH3 is 1. The van der Waals surface area contributed by atoms with Gasteiger partial charge in [0.2, 0.25) is 0 Å². The highest BCUT2D eigenvalue weighted by molar-refractivity contribution is 7.22. The molecule has 0 aliphatic heterocycles. The molecular weight excluding hydrogens is 428 g/mol. The maximum atomic E-state index is 12.6. The number of rotatable bonds is 6. The number of furan rings is 1. The van der Waals surface area contributed by atoms with E-state index in [1.165, 1.54) is 49.6 Å². The van der Waals surface area contributed by atoms with Crippen LogP contribution in [0.1, 0.15) is 10.6 Å². The predicted octanol–water partition coefficient (Wildman–Crippen LogP) is 4.63. The molecular formula is C19H12N4O7S. The molecule has 0 unspecified atom stereocenters. The lowest BCUT2D eigenvalue weighted by atomic mass is 10.1. The van der Waals surface area contributed by atoms with Crippen LogP contribution in [0.25, 0.3) is 21.5 Å². The number of para-hydroxylation sites is 1. The second kappa shape index (κ2) is 7.84. The largest absolute Gasteiger partial charge is 0.494 e. The normalized spacial score (nSPS) is 10.7. The Morgan fingerprint density at radius 2 is 1.90 bits per heavy atom. The van der Waals surface area contributed by atoms with E-state index in [0.717, 1.165) is 11.3 Å². The molecule has 156 valence electrons. The molecule has 31 heavy (non-hydrogen) atoms. The van der Waals surface area contributed by atoms with Crippen molar-refractivity contribution in [3.8, 4) is 17.1 Å². The summed E-state index contributed by atoms with van der Waals surface area (Å²) in [6.07, 6.45) is 0. The third kappa shape index (κ3) is 3.79. The van der Waals surface area contributed by atoms with Crippen molar-refractivity contribution in [1.82, 2.24) is 4.98 Å². The van der Waals surface area contributed by atoms with Gasteiger partial charge in [-0.1, -0.05) is 23.5 Å².